The van der Waals surface area contributed by atoms with E-state index in [9.17, 15) is 9.59 Å². The van der Waals surface area contributed by atoms with E-state index >= 15 is 0 Å². The highest BCUT2D eigenvalue weighted by Gasteiger charge is 2.27. The Labute approximate surface area is 127 Å². The fourth-order valence-corrected chi connectivity index (χ4v) is 3.39. The van der Waals surface area contributed by atoms with Gasteiger partial charge in [-0.2, -0.15) is 0 Å². The second-order valence-corrected chi connectivity index (χ2v) is 6.39. The van der Waals surface area contributed by atoms with Gasteiger partial charge in [-0.3, -0.25) is 9.59 Å². The second-order valence-electron chi connectivity index (χ2n) is 6.39. The number of nitrogens with one attached hydrogen (secondary N) is 1. The zero-order chi connectivity index (χ0) is 15.1. The highest BCUT2D eigenvalue weighted by molar-refractivity contribution is 5.81. The molecule has 5 heteroatoms. The van der Waals surface area contributed by atoms with E-state index in [1.807, 2.05) is 4.90 Å². The number of hydrogen-bond acceptors (Lipinski definition) is 3. The highest BCUT2D eigenvalue weighted by atomic mass is 16.2. The second kappa shape index (κ2) is 8.37. The molecule has 21 heavy (non-hydrogen) atoms. The first kappa shape index (κ1) is 16.3. The van der Waals surface area contributed by atoms with Crippen molar-refractivity contribution in [3.63, 3.8) is 0 Å². The van der Waals surface area contributed by atoms with E-state index in [-0.39, 0.29) is 23.8 Å². The van der Waals surface area contributed by atoms with E-state index in [0.29, 0.717) is 13.0 Å². The predicted octanol–water partition coefficient (Wildman–Crippen LogP) is 1.41. The van der Waals surface area contributed by atoms with Crippen molar-refractivity contribution in [1.29, 1.82) is 0 Å². The zero-order valence-electron chi connectivity index (χ0n) is 13.0. The van der Waals surface area contributed by atoms with Crippen LogP contribution in [-0.4, -0.2) is 42.4 Å². The van der Waals surface area contributed by atoms with E-state index in [0.717, 1.165) is 51.6 Å². The number of piperidine rings is 1. The summed E-state index contributed by atoms with van der Waals surface area (Å²) in [5, 5.41) is 2.91. The molecule has 0 spiro atoms. The molecule has 1 saturated carbocycles. The molecule has 2 rings (SSSR count). The Morgan fingerprint density at radius 2 is 1.67 bits per heavy atom. The number of nitrogens with zero attached hydrogens (tertiary/aromatic N) is 1. The lowest BCUT2D eigenvalue weighted by Gasteiger charge is -2.27. The quantitative estimate of drug-likeness (QED) is 0.770. The van der Waals surface area contributed by atoms with Gasteiger partial charge < -0.3 is 16.0 Å². The molecule has 0 aromatic heterocycles. The number of amides is 2. The van der Waals surface area contributed by atoms with Crippen LogP contribution in [0.2, 0.25) is 0 Å². The third-order valence-electron chi connectivity index (χ3n) is 4.75. The van der Waals surface area contributed by atoms with E-state index in [1.54, 1.807) is 0 Å². The van der Waals surface area contributed by atoms with Gasteiger partial charge in [0.15, 0.2) is 0 Å². The SMILES string of the molecule is NC1CCCCCC1C(=O)NCCC(=O)N1CCCCC1. The van der Waals surface area contributed by atoms with Gasteiger partial charge in [0.1, 0.15) is 0 Å². The van der Waals surface area contributed by atoms with Gasteiger partial charge in [0.2, 0.25) is 11.8 Å². The summed E-state index contributed by atoms with van der Waals surface area (Å²) < 4.78 is 0. The first-order valence-corrected chi connectivity index (χ1v) is 8.49. The summed E-state index contributed by atoms with van der Waals surface area (Å²) >= 11 is 0. The largest absolute Gasteiger partial charge is 0.355 e. The van der Waals surface area contributed by atoms with E-state index in [2.05, 4.69) is 5.32 Å². The smallest absolute Gasteiger partial charge is 0.224 e. The van der Waals surface area contributed by atoms with Gasteiger partial charge in [-0.25, -0.2) is 0 Å². The molecule has 1 aliphatic heterocycles. The van der Waals surface area contributed by atoms with Gasteiger partial charge in [-0.15, -0.1) is 0 Å². The fourth-order valence-electron chi connectivity index (χ4n) is 3.39. The number of nitrogens with two attached hydrogens (primary N) is 1. The minimum atomic E-state index is -0.0717. The van der Waals surface area contributed by atoms with Crippen LogP contribution in [0.15, 0.2) is 0 Å². The monoisotopic (exact) mass is 295 g/mol. The Kier molecular flexibility index (Phi) is 6.49. The average molecular weight is 295 g/mol. The summed E-state index contributed by atoms with van der Waals surface area (Å²) in [6, 6.07) is -0.0229. The minimum Gasteiger partial charge on any atom is -0.355 e. The average Bonchev–Trinajstić information content (AvgIpc) is 2.72. The molecule has 0 aromatic rings. The van der Waals surface area contributed by atoms with Crippen LogP contribution in [0.25, 0.3) is 0 Å². The van der Waals surface area contributed by atoms with Gasteiger partial charge in [-0.05, 0) is 32.1 Å². The van der Waals surface area contributed by atoms with Gasteiger partial charge in [0.25, 0.3) is 0 Å². The lowest BCUT2D eigenvalue weighted by atomic mass is 9.94. The van der Waals surface area contributed by atoms with Crippen LogP contribution in [0, 0.1) is 5.92 Å². The summed E-state index contributed by atoms with van der Waals surface area (Å²) in [6.45, 7) is 2.19. The van der Waals surface area contributed by atoms with Gasteiger partial charge in [0, 0.05) is 32.1 Å². The molecule has 3 N–H and O–H groups in total. The lowest BCUT2D eigenvalue weighted by Crippen LogP contribution is -2.43. The molecule has 2 atom stereocenters. The maximum absolute atomic E-state index is 12.2. The first-order valence-electron chi connectivity index (χ1n) is 8.49. The van der Waals surface area contributed by atoms with Crippen molar-refractivity contribution in [2.45, 2.75) is 63.8 Å². The molecule has 2 aliphatic rings. The highest BCUT2D eigenvalue weighted by Crippen LogP contribution is 2.22. The topological polar surface area (TPSA) is 75.4 Å². The Hall–Kier alpha value is -1.10. The summed E-state index contributed by atoms with van der Waals surface area (Å²) in [5.41, 5.74) is 6.09. The molecule has 1 saturated heterocycles. The minimum absolute atomic E-state index is 0.0229. The van der Waals surface area contributed by atoms with Crippen LogP contribution in [0.5, 0.6) is 0 Å². The van der Waals surface area contributed by atoms with Crippen molar-refractivity contribution in [2.75, 3.05) is 19.6 Å². The van der Waals surface area contributed by atoms with Gasteiger partial charge >= 0.3 is 0 Å². The van der Waals surface area contributed by atoms with Gasteiger partial charge in [0.05, 0.1) is 5.92 Å². The number of carbonyl (C=O) groups is 2. The molecular weight excluding hydrogens is 266 g/mol. The zero-order valence-corrected chi connectivity index (χ0v) is 13.0. The number of rotatable bonds is 4. The van der Waals surface area contributed by atoms with Crippen molar-refractivity contribution in [3.8, 4) is 0 Å². The third-order valence-corrected chi connectivity index (χ3v) is 4.75. The molecule has 1 heterocycles. The molecule has 0 bridgehead atoms. The van der Waals surface area contributed by atoms with Crippen molar-refractivity contribution >= 4 is 11.8 Å². The third kappa shape index (κ3) is 4.99. The van der Waals surface area contributed by atoms with Crippen molar-refractivity contribution < 1.29 is 9.59 Å². The summed E-state index contributed by atoms with van der Waals surface area (Å²) in [6.07, 6.45) is 9.04. The standard InChI is InChI=1S/C16H29N3O2/c17-14-8-4-1-3-7-13(14)16(21)18-10-9-15(20)19-11-5-2-6-12-19/h13-14H,1-12,17H2,(H,18,21). The van der Waals surface area contributed by atoms with Crippen molar-refractivity contribution in [3.05, 3.63) is 0 Å². The van der Waals surface area contributed by atoms with Crippen molar-refractivity contribution in [1.82, 2.24) is 10.2 Å². The molecule has 120 valence electrons. The Bertz CT molecular complexity index is 353. The van der Waals surface area contributed by atoms with E-state index < -0.39 is 0 Å². The maximum Gasteiger partial charge on any atom is 0.224 e. The van der Waals surface area contributed by atoms with E-state index in [1.165, 1.54) is 12.8 Å². The summed E-state index contributed by atoms with van der Waals surface area (Å²) in [4.78, 5) is 26.2. The molecule has 5 nitrogen and oxygen atoms in total. The number of likely N-dealkylation sites (tertiary alicyclic amines) is 1. The Morgan fingerprint density at radius 3 is 2.43 bits per heavy atom. The number of hydrogen-bond donors (Lipinski definition) is 2. The molecule has 1 aliphatic carbocycles. The molecule has 2 unspecified atom stereocenters. The number of carbonyl (C=O) groups excluding carboxylic acids is 2. The lowest BCUT2D eigenvalue weighted by molar-refractivity contribution is -0.132. The molecule has 0 radical (unpaired) electrons. The van der Waals surface area contributed by atoms with E-state index in [4.69, 9.17) is 5.73 Å². The molecular formula is C16H29N3O2. The predicted molar refractivity (Wildman–Crippen MR) is 82.6 cm³/mol. The van der Waals surface area contributed by atoms with Crippen LogP contribution < -0.4 is 11.1 Å². The van der Waals surface area contributed by atoms with Crippen LogP contribution in [0.1, 0.15) is 57.8 Å². The Balaban J connectivity index is 1.69. The molecule has 0 aromatic carbocycles. The van der Waals surface area contributed by atoms with Crippen LogP contribution in [0.3, 0.4) is 0 Å². The van der Waals surface area contributed by atoms with Crippen LogP contribution in [0.4, 0.5) is 0 Å². The Morgan fingerprint density at radius 1 is 1.00 bits per heavy atom. The fraction of sp³-hybridized carbons (Fsp3) is 0.875. The summed E-state index contributed by atoms with van der Waals surface area (Å²) in [5.74, 6) is 0.133. The van der Waals surface area contributed by atoms with Crippen molar-refractivity contribution in [2.24, 2.45) is 11.7 Å². The summed E-state index contributed by atoms with van der Waals surface area (Å²) in [7, 11) is 0. The van der Waals surface area contributed by atoms with Gasteiger partial charge in [-0.1, -0.05) is 19.3 Å². The first-order chi connectivity index (χ1) is 10.2. The molecule has 2 fully saturated rings. The van der Waals surface area contributed by atoms with Crippen LogP contribution in [-0.2, 0) is 9.59 Å². The van der Waals surface area contributed by atoms with Crippen LogP contribution >= 0.6 is 0 Å². The normalized spacial score (nSPS) is 27.0. The maximum atomic E-state index is 12.2. The molecule has 2 amide bonds.